The van der Waals surface area contributed by atoms with Crippen LogP contribution in [0.3, 0.4) is 0 Å². The van der Waals surface area contributed by atoms with Gasteiger partial charge in [0.2, 0.25) is 5.12 Å². The van der Waals surface area contributed by atoms with E-state index in [2.05, 4.69) is 0 Å². The van der Waals surface area contributed by atoms with Crippen molar-refractivity contribution in [2.24, 2.45) is 7.05 Å². The first-order chi connectivity index (χ1) is 7.27. The van der Waals surface area contributed by atoms with Crippen LogP contribution in [0.4, 0.5) is 0 Å². The molecule has 2 aromatic rings. The van der Waals surface area contributed by atoms with Gasteiger partial charge in [0.1, 0.15) is 0 Å². The largest absolute Gasteiger partial charge is 0.347 e. The van der Waals surface area contributed by atoms with E-state index in [9.17, 15) is 4.79 Å². The summed E-state index contributed by atoms with van der Waals surface area (Å²) in [6, 6.07) is 13.4. The van der Waals surface area contributed by atoms with Crippen molar-refractivity contribution in [3.63, 3.8) is 0 Å². The first kappa shape index (κ1) is 10.1. The molecule has 1 aromatic carbocycles. The van der Waals surface area contributed by atoms with Crippen molar-refractivity contribution in [1.82, 2.24) is 4.57 Å². The maximum Gasteiger partial charge on any atom is 0.240 e. The van der Waals surface area contributed by atoms with E-state index < -0.39 is 0 Å². The van der Waals surface area contributed by atoms with Gasteiger partial charge in [-0.05, 0) is 36.0 Å². The Morgan fingerprint density at radius 2 is 1.87 bits per heavy atom. The number of aromatic nitrogens is 1. The molecule has 0 unspecified atom stereocenters. The van der Waals surface area contributed by atoms with Gasteiger partial charge in [0.15, 0.2) is 0 Å². The molecule has 0 fully saturated rings. The molecule has 3 heteroatoms. The summed E-state index contributed by atoms with van der Waals surface area (Å²) in [7, 11) is 1.87. The van der Waals surface area contributed by atoms with Crippen molar-refractivity contribution in [3.8, 4) is 0 Å². The monoisotopic (exact) mass is 217 g/mol. The molecule has 0 aliphatic heterocycles. The van der Waals surface area contributed by atoms with Gasteiger partial charge in [-0.15, -0.1) is 0 Å². The number of nitrogens with zero attached hydrogens (tertiary/aromatic N) is 1. The van der Waals surface area contributed by atoms with Gasteiger partial charge in [-0.25, -0.2) is 0 Å². The molecule has 76 valence electrons. The third-order valence-corrected chi connectivity index (χ3v) is 3.01. The number of rotatable bonds is 2. The third-order valence-electron chi connectivity index (χ3n) is 2.11. The molecule has 0 radical (unpaired) electrons. The Labute approximate surface area is 92.9 Å². The van der Waals surface area contributed by atoms with Crippen LogP contribution in [0.25, 0.3) is 0 Å². The molecular weight excluding hydrogens is 206 g/mol. The van der Waals surface area contributed by atoms with Gasteiger partial charge >= 0.3 is 0 Å². The highest BCUT2D eigenvalue weighted by atomic mass is 32.2. The number of benzene rings is 1. The van der Waals surface area contributed by atoms with E-state index in [0.717, 1.165) is 10.6 Å². The van der Waals surface area contributed by atoms with E-state index in [1.165, 1.54) is 11.8 Å². The van der Waals surface area contributed by atoms with Gasteiger partial charge in [-0.1, -0.05) is 18.2 Å². The molecule has 1 aromatic heterocycles. The first-order valence-corrected chi connectivity index (χ1v) is 5.47. The summed E-state index contributed by atoms with van der Waals surface area (Å²) in [6.45, 7) is 0. The number of hydrogen-bond donors (Lipinski definition) is 0. The van der Waals surface area contributed by atoms with Crippen LogP contribution >= 0.6 is 11.8 Å². The van der Waals surface area contributed by atoms with Crippen molar-refractivity contribution in [2.45, 2.75) is 4.90 Å². The van der Waals surface area contributed by atoms with Crippen molar-refractivity contribution in [2.75, 3.05) is 0 Å². The predicted octanol–water partition coefficient (Wildman–Crippen LogP) is 2.96. The zero-order valence-corrected chi connectivity index (χ0v) is 9.20. The number of carbonyl (C=O) groups excluding carboxylic acids is 1. The van der Waals surface area contributed by atoms with Gasteiger partial charge in [0.25, 0.3) is 0 Å². The van der Waals surface area contributed by atoms with Crippen molar-refractivity contribution in [1.29, 1.82) is 0 Å². The van der Waals surface area contributed by atoms with E-state index in [-0.39, 0.29) is 5.12 Å². The van der Waals surface area contributed by atoms with Gasteiger partial charge in [-0.3, -0.25) is 4.79 Å². The fraction of sp³-hybridized carbons (Fsp3) is 0.0833. The molecule has 0 saturated heterocycles. The summed E-state index contributed by atoms with van der Waals surface area (Å²) in [5, 5.41) is 0.0775. The SMILES string of the molecule is Cn1cccc1C(=O)Sc1ccccc1. The minimum atomic E-state index is 0.0775. The quantitative estimate of drug-likeness (QED) is 0.721. The Hall–Kier alpha value is -1.48. The van der Waals surface area contributed by atoms with Gasteiger partial charge < -0.3 is 4.57 Å². The second-order valence-electron chi connectivity index (χ2n) is 3.21. The Bertz CT molecular complexity index is 461. The predicted molar refractivity (Wildman–Crippen MR) is 62.0 cm³/mol. The van der Waals surface area contributed by atoms with Crippen LogP contribution < -0.4 is 0 Å². The standard InChI is InChI=1S/C12H11NOS/c1-13-9-5-8-11(13)12(14)15-10-6-3-2-4-7-10/h2-9H,1H3. The number of thioether (sulfide) groups is 1. The highest BCUT2D eigenvalue weighted by Gasteiger charge is 2.10. The Morgan fingerprint density at radius 3 is 2.47 bits per heavy atom. The smallest absolute Gasteiger partial charge is 0.240 e. The zero-order chi connectivity index (χ0) is 10.7. The maximum atomic E-state index is 11.8. The minimum Gasteiger partial charge on any atom is -0.347 e. The highest BCUT2D eigenvalue weighted by Crippen LogP contribution is 2.22. The average molecular weight is 217 g/mol. The summed E-state index contributed by atoms with van der Waals surface area (Å²) >= 11 is 1.26. The number of aryl methyl sites for hydroxylation is 1. The van der Waals surface area contributed by atoms with Crippen LogP contribution in [0.15, 0.2) is 53.6 Å². The molecule has 0 saturated carbocycles. The fourth-order valence-electron chi connectivity index (χ4n) is 1.32. The maximum absolute atomic E-state index is 11.8. The summed E-state index contributed by atoms with van der Waals surface area (Å²) in [6.07, 6.45) is 1.87. The average Bonchev–Trinajstić information content (AvgIpc) is 2.66. The molecular formula is C12H11NOS. The van der Waals surface area contributed by atoms with E-state index in [4.69, 9.17) is 0 Å². The molecule has 2 rings (SSSR count). The second-order valence-corrected chi connectivity index (χ2v) is 4.25. The molecule has 0 N–H and O–H groups in total. The van der Waals surface area contributed by atoms with Crippen LogP contribution in [0.5, 0.6) is 0 Å². The molecule has 2 nitrogen and oxygen atoms in total. The van der Waals surface area contributed by atoms with Crippen LogP contribution in [-0.4, -0.2) is 9.68 Å². The molecule has 15 heavy (non-hydrogen) atoms. The molecule has 0 amide bonds. The lowest BCUT2D eigenvalue weighted by atomic mass is 10.4. The first-order valence-electron chi connectivity index (χ1n) is 4.66. The Morgan fingerprint density at radius 1 is 1.13 bits per heavy atom. The zero-order valence-electron chi connectivity index (χ0n) is 8.38. The normalized spacial score (nSPS) is 10.2. The lowest BCUT2D eigenvalue weighted by molar-refractivity contribution is 0.108. The summed E-state index contributed by atoms with van der Waals surface area (Å²) < 4.78 is 1.83. The van der Waals surface area contributed by atoms with Gasteiger partial charge in [-0.2, -0.15) is 0 Å². The van der Waals surface area contributed by atoms with Crippen molar-refractivity contribution in [3.05, 3.63) is 54.4 Å². The number of carbonyl (C=O) groups is 1. The molecule has 0 spiro atoms. The minimum absolute atomic E-state index is 0.0775. The van der Waals surface area contributed by atoms with Crippen LogP contribution in [0.1, 0.15) is 10.5 Å². The summed E-state index contributed by atoms with van der Waals surface area (Å²) in [5.41, 5.74) is 0.726. The molecule has 0 aliphatic carbocycles. The van der Waals surface area contributed by atoms with Crippen LogP contribution in [0, 0.1) is 0 Å². The topological polar surface area (TPSA) is 22.0 Å². The van der Waals surface area contributed by atoms with E-state index >= 15 is 0 Å². The van der Waals surface area contributed by atoms with Gasteiger partial charge in [0.05, 0.1) is 5.69 Å². The highest BCUT2D eigenvalue weighted by molar-refractivity contribution is 8.14. The van der Waals surface area contributed by atoms with Gasteiger partial charge in [0, 0.05) is 18.1 Å². The van der Waals surface area contributed by atoms with E-state index in [1.54, 1.807) is 0 Å². The summed E-state index contributed by atoms with van der Waals surface area (Å²) in [4.78, 5) is 12.8. The van der Waals surface area contributed by atoms with E-state index in [1.807, 2.05) is 60.3 Å². The lowest BCUT2D eigenvalue weighted by Crippen LogP contribution is -2.00. The Kier molecular flexibility index (Phi) is 2.92. The molecule has 0 bridgehead atoms. The number of hydrogen-bond acceptors (Lipinski definition) is 2. The molecule has 0 atom stereocenters. The van der Waals surface area contributed by atoms with Crippen LogP contribution in [0.2, 0.25) is 0 Å². The Balaban J connectivity index is 2.15. The third kappa shape index (κ3) is 2.30. The molecule has 0 aliphatic rings. The summed E-state index contributed by atoms with van der Waals surface area (Å²) in [5.74, 6) is 0. The second kappa shape index (κ2) is 4.36. The van der Waals surface area contributed by atoms with Crippen molar-refractivity contribution < 1.29 is 4.79 Å². The lowest BCUT2D eigenvalue weighted by Gasteiger charge is -2.01. The van der Waals surface area contributed by atoms with Crippen molar-refractivity contribution >= 4 is 16.9 Å². The molecule has 1 heterocycles. The fourth-order valence-corrected chi connectivity index (χ4v) is 2.14. The van der Waals surface area contributed by atoms with Crippen LogP contribution in [-0.2, 0) is 7.05 Å². The van der Waals surface area contributed by atoms with E-state index in [0.29, 0.717) is 0 Å².